The van der Waals surface area contributed by atoms with E-state index in [0.29, 0.717) is 5.56 Å². The Morgan fingerprint density at radius 1 is 1.00 bits per heavy atom. The summed E-state index contributed by atoms with van der Waals surface area (Å²) in [5.41, 5.74) is 0.883. The standard InChI is InChI=1S/C11H6ClF2N/c12-10-9(13)2-1-8(11(10)14)7-3-5-15-6-4-7/h1-6H. The number of nitrogens with zero attached hydrogens (tertiary/aromatic N) is 1. The van der Waals surface area contributed by atoms with E-state index in [1.54, 1.807) is 12.1 Å². The first kappa shape index (κ1) is 10.1. The van der Waals surface area contributed by atoms with Crippen molar-refractivity contribution in [3.05, 3.63) is 53.3 Å². The fraction of sp³-hybridized carbons (Fsp3) is 0. The van der Waals surface area contributed by atoms with E-state index in [0.717, 1.165) is 6.07 Å². The maximum atomic E-state index is 13.6. The van der Waals surface area contributed by atoms with Gasteiger partial charge < -0.3 is 0 Å². The lowest BCUT2D eigenvalue weighted by Crippen LogP contribution is -1.89. The average Bonchev–Trinajstić information content (AvgIpc) is 2.27. The summed E-state index contributed by atoms with van der Waals surface area (Å²) >= 11 is 5.47. The molecule has 76 valence electrons. The van der Waals surface area contributed by atoms with Crippen molar-refractivity contribution in [2.24, 2.45) is 0 Å². The van der Waals surface area contributed by atoms with Crippen LogP contribution in [-0.2, 0) is 0 Å². The lowest BCUT2D eigenvalue weighted by molar-refractivity contribution is 0.586. The number of hydrogen-bond donors (Lipinski definition) is 0. The summed E-state index contributed by atoms with van der Waals surface area (Å²) < 4.78 is 26.4. The number of halogens is 3. The SMILES string of the molecule is Fc1ccc(-c2ccncc2)c(F)c1Cl. The van der Waals surface area contributed by atoms with E-state index in [2.05, 4.69) is 4.98 Å². The van der Waals surface area contributed by atoms with Crippen LogP contribution in [0.2, 0.25) is 5.02 Å². The largest absolute Gasteiger partial charge is 0.265 e. The molecular formula is C11H6ClF2N. The van der Waals surface area contributed by atoms with Crippen LogP contribution in [0.4, 0.5) is 8.78 Å². The van der Waals surface area contributed by atoms with E-state index < -0.39 is 16.7 Å². The molecule has 2 aromatic rings. The second kappa shape index (κ2) is 3.95. The van der Waals surface area contributed by atoms with Crippen LogP contribution in [-0.4, -0.2) is 4.98 Å². The van der Waals surface area contributed by atoms with Gasteiger partial charge in [-0.2, -0.15) is 0 Å². The van der Waals surface area contributed by atoms with Crippen LogP contribution in [0.5, 0.6) is 0 Å². The summed E-state index contributed by atoms with van der Waals surface area (Å²) in [6.07, 6.45) is 3.07. The molecule has 0 amide bonds. The van der Waals surface area contributed by atoms with Gasteiger partial charge in [-0.05, 0) is 29.8 Å². The van der Waals surface area contributed by atoms with Crippen LogP contribution in [0.1, 0.15) is 0 Å². The molecule has 2 rings (SSSR count). The number of aromatic nitrogens is 1. The third-order valence-corrected chi connectivity index (χ3v) is 2.37. The van der Waals surface area contributed by atoms with E-state index in [1.165, 1.54) is 18.5 Å². The van der Waals surface area contributed by atoms with E-state index in [1.807, 2.05) is 0 Å². The van der Waals surface area contributed by atoms with Crippen LogP contribution in [0.3, 0.4) is 0 Å². The minimum Gasteiger partial charge on any atom is -0.265 e. The highest BCUT2D eigenvalue weighted by molar-refractivity contribution is 6.31. The molecule has 4 heteroatoms. The van der Waals surface area contributed by atoms with Crippen LogP contribution in [0, 0.1) is 11.6 Å². The Morgan fingerprint density at radius 2 is 1.67 bits per heavy atom. The van der Waals surface area contributed by atoms with Gasteiger partial charge in [-0.15, -0.1) is 0 Å². The molecule has 0 unspecified atom stereocenters. The lowest BCUT2D eigenvalue weighted by Gasteiger charge is -2.04. The molecule has 15 heavy (non-hydrogen) atoms. The zero-order valence-corrected chi connectivity index (χ0v) is 8.30. The maximum absolute atomic E-state index is 13.6. The van der Waals surface area contributed by atoms with E-state index >= 15 is 0 Å². The number of benzene rings is 1. The van der Waals surface area contributed by atoms with Gasteiger partial charge in [-0.25, -0.2) is 8.78 Å². The van der Waals surface area contributed by atoms with Gasteiger partial charge in [0, 0.05) is 18.0 Å². The van der Waals surface area contributed by atoms with E-state index in [-0.39, 0.29) is 5.56 Å². The first-order chi connectivity index (χ1) is 7.20. The minimum absolute atomic E-state index is 0.267. The molecule has 0 saturated carbocycles. The van der Waals surface area contributed by atoms with Crippen molar-refractivity contribution in [1.29, 1.82) is 0 Å². The zero-order valence-electron chi connectivity index (χ0n) is 7.55. The quantitative estimate of drug-likeness (QED) is 0.675. The second-order valence-corrected chi connectivity index (χ2v) is 3.34. The Labute approximate surface area is 90.3 Å². The number of hydrogen-bond acceptors (Lipinski definition) is 1. The Kier molecular flexibility index (Phi) is 2.64. The highest BCUT2D eigenvalue weighted by Crippen LogP contribution is 2.28. The summed E-state index contributed by atoms with van der Waals surface area (Å²) in [5, 5.41) is -0.482. The van der Waals surface area contributed by atoms with Gasteiger partial charge in [0.25, 0.3) is 0 Å². The first-order valence-corrected chi connectivity index (χ1v) is 4.62. The van der Waals surface area contributed by atoms with E-state index in [4.69, 9.17) is 11.6 Å². The minimum atomic E-state index is -0.757. The van der Waals surface area contributed by atoms with Crippen molar-refractivity contribution >= 4 is 11.6 Å². The number of rotatable bonds is 1. The highest BCUT2D eigenvalue weighted by atomic mass is 35.5. The summed E-state index contributed by atoms with van der Waals surface area (Å²) in [7, 11) is 0. The summed E-state index contributed by atoms with van der Waals surface area (Å²) in [6.45, 7) is 0. The second-order valence-electron chi connectivity index (χ2n) is 2.96. The molecule has 0 saturated heterocycles. The molecule has 0 atom stereocenters. The van der Waals surface area contributed by atoms with Crippen LogP contribution in [0.15, 0.2) is 36.7 Å². The molecule has 0 aliphatic rings. The fourth-order valence-electron chi connectivity index (χ4n) is 1.28. The van der Waals surface area contributed by atoms with Gasteiger partial charge in [0.05, 0.1) is 0 Å². The fourth-order valence-corrected chi connectivity index (χ4v) is 1.45. The van der Waals surface area contributed by atoms with Crippen molar-refractivity contribution in [1.82, 2.24) is 4.98 Å². The van der Waals surface area contributed by atoms with Crippen LogP contribution < -0.4 is 0 Å². The molecule has 1 nitrogen and oxygen atoms in total. The highest BCUT2D eigenvalue weighted by Gasteiger charge is 2.12. The number of pyridine rings is 1. The molecule has 0 bridgehead atoms. The van der Waals surface area contributed by atoms with E-state index in [9.17, 15) is 8.78 Å². The van der Waals surface area contributed by atoms with Gasteiger partial charge in [-0.1, -0.05) is 11.6 Å². The van der Waals surface area contributed by atoms with Crippen LogP contribution >= 0.6 is 11.6 Å². The van der Waals surface area contributed by atoms with Crippen molar-refractivity contribution in [3.63, 3.8) is 0 Å². The Bertz CT molecular complexity index is 485. The van der Waals surface area contributed by atoms with Gasteiger partial charge in [0.2, 0.25) is 0 Å². The van der Waals surface area contributed by atoms with Crippen molar-refractivity contribution in [3.8, 4) is 11.1 Å². The Hall–Kier alpha value is -1.48. The molecule has 0 N–H and O–H groups in total. The first-order valence-electron chi connectivity index (χ1n) is 4.24. The molecule has 0 radical (unpaired) electrons. The molecule has 0 aliphatic carbocycles. The van der Waals surface area contributed by atoms with Gasteiger partial charge >= 0.3 is 0 Å². The van der Waals surface area contributed by atoms with Crippen LogP contribution in [0.25, 0.3) is 11.1 Å². The summed E-state index contributed by atoms with van der Waals surface area (Å²) in [4.78, 5) is 3.81. The predicted octanol–water partition coefficient (Wildman–Crippen LogP) is 3.68. The molecule has 1 heterocycles. The Balaban J connectivity index is 2.60. The zero-order chi connectivity index (χ0) is 10.8. The topological polar surface area (TPSA) is 12.9 Å². The third-order valence-electron chi connectivity index (χ3n) is 2.03. The van der Waals surface area contributed by atoms with Gasteiger partial charge in [-0.3, -0.25) is 4.98 Å². The third kappa shape index (κ3) is 1.83. The molecule has 0 fully saturated rings. The smallest absolute Gasteiger partial charge is 0.152 e. The van der Waals surface area contributed by atoms with Crippen molar-refractivity contribution < 1.29 is 8.78 Å². The van der Waals surface area contributed by atoms with Crippen molar-refractivity contribution in [2.75, 3.05) is 0 Å². The molecule has 0 spiro atoms. The molecule has 0 aliphatic heterocycles. The molecule has 1 aromatic carbocycles. The summed E-state index contributed by atoms with van der Waals surface area (Å²) in [5.74, 6) is -1.50. The lowest BCUT2D eigenvalue weighted by atomic mass is 10.1. The molecule has 1 aromatic heterocycles. The Morgan fingerprint density at radius 3 is 2.33 bits per heavy atom. The van der Waals surface area contributed by atoms with Gasteiger partial charge in [0.15, 0.2) is 5.82 Å². The molecular weight excluding hydrogens is 220 g/mol. The monoisotopic (exact) mass is 225 g/mol. The maximum Gasteiger partial charge on any atom is 0.152 e. The van der Waals surface area contributed by atoms with Gasteiger partial charge in [0.1, 0.15) is 10.8 Å². The predicted molar refractivity (Wildman–Crippen MR) is 54.6 cm³/mol. The summed E-state index contributed by atoms with van der Waals surface area (Å²) in [6, 6.07) is 5.76. The average molecular weight is 226 g/mol. The normalized spacial score (nSPS) is 10.3. The van der Waals surface area contributed by atoms with Crippen molar-refractivity contribution in [2.45, 2.75) is 0 Å².